The number of rotatable bonds is 5. The van der Waals surface area contributed by atoms with Crippen molar-refractivity contribution in [2.45, 2.75) is 31.7 Å². The number of halogens is 2. The number of likely N-dealkylation sites (tertiary alicyclic amines) is 1. The summed E-state index contributed by atoms with van der Waals surface area (Å²) in [4.78, 5) is 13.4. The predicted molar refractivity (Wildman–Crippen MR) is 79.6 cm³/mol. The molecule has 1 aliphatic heterocycles. The molecule has 0 N–H and O–H groups in total. The van der Waals surface area contributed by atoms with Crippen molar-refractivity contribution in [3.05, 3.63) is 42.1 Å². The maximum Gasteiger partial charge on any atom is 0.267 e. The van der Waals surface area contributed by atoms with Gasteiger partial charge in [0.25, 0.3) is 11.8 Å². The van der Waals surface area contributed by atoms with Gasteiger partial charge >= 0.3 is 0 Å². The van der Waals surface area contributed by atoms with Crippen molar-refractivity contribution >= 4 is 5.91 Å². The van der Waals surface area contributed by atoms with E-state index in [4.69, 9.17) is 9.15 Å². The number of aromatic nitrogens is 2. The van der Waals surface area contributed by atoms with Crippen LogP contribution in [0.1, 0.15) is 31.2 Å². The van der Waals surface area contributed by atoms with Crippen molar-refractivity contribution in [2.24, 2.45) is 0 Å². The van der Waals surface area contributed by atoms with Gasteiger partial charge in [-0.3, -0.25) is 4.79 Å². The van der Waals surface area contributed by atoms with Crippen LogP contribution in [0.2, 0.25) is 0 Å². The smallest absolute Gasteiger partial charge is 0.267 e. The highest BCUT2D eigenvalue weighted by molar-refractivity contribution is 5.78. The first-order chi connectivity index (χ1) is 11.5. The maximum atomic E-state index is 13.8. The van der Waals surface area contributed by atoms with Gasteiger partial charge in [0, 0.05) is 12.8 Å². The fourth-order valence-electron chi connectivity index (χ4n) is 2.59. The van der Waals surface area contributed by atoms with Crippen LogP contribution in [0, 0.1) is 0 Å². The number of aryl methyl sites for hydroxylation is 1. The van der Waals surface area contributed by atoms with Crippen molar-refractivity contribution < 1.29 is 22.7 Å². The Balaban J connectivity index is 1.72. The zero-order valence-electron chi connectivity index (χ0n) is 13.1. The summed E-state index contributed by atoms with van der Waals surface area (Å²) in [6.07, 6.45) is -0.0311. The lowest BCUT2D eigenvalue weighted by Crippen LogP contribution is -2.36. The minimum atomic E-state index is -2.99. The molecule has 1 amide bonds. The molecule has 0 bridgehead atoms. The number of benzene rings is 1. The fraction of sp³-hybridized carbons (Fsp3) is 0.438. The highest BCUT2D eigenvalue weighted by Crippen LogP contribution is 2.40. The first-order valence-corrected chi connectivity index (χ1v) is 7.66. The van der Waals surface area contributed by atoms with E-state index in [1.807, 2.05) is 13.0 Å². The SMILES string of the molecule is CCc1nnc([C@@H]2CC(F)(F)CN2C(=O)COc2ccccc2)o1. The molecule has 0 spiro atoms. The number of para-hydroxylation sites is 1. The van der Waals surface area contributed by atoms with Gasteiger partial charge in [-0.15, -0.1) is 10.2 Å². The molecular weight excluding hydrogens is 320 g/mol. The Hall–Kier alpha value is -2.51. The second kappa shape index (κ2) is 6.54. The van der Waals surface area contributed by atoms with Crippen molar-refractivity contribution in [1.29, 1.82) is 0 Å². The largest absolute Gasteiger partial charge is 0.484 e. The molecule has 3 rings (SSSR count). The van der Waals surface area contributed by atoms with Crippen LogP contribution in [-0.2, 0) is 11.2 Å². The van der Waals surface area contributed by atoms with Crippen molar-refractivity contribution in [2.75, 3.05) is 13.2 Å². The van der Waals surface area contributed by atoms with Crippen LogP contribution in [0.4, 0.5) is 8.78 Å². The molecule has 0 aliphatic carbocycles. The van der Waals surface area contributed by atoms with E-state index < -0.39 is 30.8 Å². The predicted octanol–water partition coefficient (Wildman–Crippen LogP) is 2.62. The normalized spacial score (nSPS) is 19.5. The van der Waals surface area contributed by atoms with Gasteiger partial charge in [-0.25, -0.2) is 8.78 Å². The van der Waals surface area contributed by atoms with Gasteiger partial charge in [-0.1, -0.05) is 25.1 Å². The first kappa shape index (κ1) is 16.4. The average molecular weight is 337 g/mol. The van der Waals surface area contributed by atoms with Crippen LogP contribution >= 0.6 is 0 Å². The summed E-state index contributed by atoms with van der Waals surface area (Å²) in [7, 11) is 0. The lowest BCUT2D eigenvalue weighted by Gasteiger charge is -2.21. The summed E-state index contributed by atoms with van der Waals surface area (Å²) in [5.74, 6) is -2.64. The Morgan fingerprint density at radius 3 is 2.79 bits per heavy atom. The van der Waals surface area contributed by atoms with Gasteiger partial charge < -0.3 is 14.1 Å². The third-order valence-corrected chi connectivity index (χ3v) is 3.77. The molecule has 24 heavy (non-hydrogen) atoms. The zero-order valence-corrected chi connectivity index (χ0v) is 13.1. The van der Waals surface area contributed by atoms with Gasteiger partial charge in [0.2, 0.25) is 11.8 Å². The van der Waals surface area contributed by atoms with E-state index in [0.29, 0.717) is 18.1 Å². The van der Waals surface area contributed by atoms with Crippen LogP contribution in [0.5, 0.6) is 5.75 Å². The van der Waals surface area contributed by atoms with Crippen molar-refractivity contribution in [3.8, 4) is 5.75 Å². The van der Waals surface area contributed by atoms with E-state index in [-0.39, 0.29) is 12.5 Å². The molecule has 1 aromatic carbocycles. The molecule has 1 fully saturated rings. The molecule has 6 nitrogen and oxygen atoms in total. The Morgan fingerprint density at radius 2 is 2.12 bits per heavy atom. The summed E-state index contributed by atoms with van der Waals surface area (Å²) >= 11 is 0. The highest BCUT2D eigenvalue weighted by atomic mass is 19.3. The summed E-state index contributed by atoms with van der Waals surface area (Å²) in [6, 6.07) is 7.78. The average Bonchev–Trinajstić information content (AvgIpc) is 3.17. The molecule has 1 saturated heterocycles. The third-order valence-electron chi connectivity index (χ3n) is 3.77. The zero-order chi connectivity index (χ0) is 17.2. The Bertz CT molecular complexity index is 706. The number of hydrogen-bond acceptors (Lipinski definition) is 5. The van der Waals surface area contributed by atoms with Gasteiger partial charge in [-0.05, 0) is 12.1 Å². The highest BCUT2D eigenvalue weighted by Gasteiger charge is 2.49. The number of carbonyl (C=O) groups excluding carboxylic acids is 1. The summed E-state index contributed by atoms with van der Waals surface area (Å²) in [5, 5.41) is 7.58. The molecule has 1 aromatic heterocycles. The van der Waals surface area contributed by atoms with Gasteiger partial charge in [0.05, 0.1) is 6.54 Å². The quantitative estimate of drug-likeness (QED) is 0.839. The maximum absolute atomic E-state index is 13.8. The molecule has 1 atom stereocenters. The molecule has 128 valence electrons. The lowest BCUT2D eigenvalue weighted by molar-refractivity contribution is -0.135. The third kappa shape index (κ3) is 3.52. The second-order valence-electron chi connectivity index (χ2n) is 5.59. The monoisotopic (exact) mass is 337 g/mol. The van der Waals surface area contributed by atoms with E-state index in [1.165, 1.54) is 0 Å². The van der Waals surface area contributed by atoms with E-state index >= 15 is 0 Å². The van der Waals surface area contributed by atoms with Gasteiger partial charge in [0.15, 0.2) is 6.61 Å². The van der Waals surface area contributed by atoms with Crippen LogP contribution in [0.15, 0.2) is 34.7 Å². The van der Waals surface area contributed by atoms with Crippen LogP contribution in [-0.4, -0.2) is 40.1 Å². The summed E-state index contributed by atoms with van der Waals surface area (Å²) in [6.45, 7) is 0.807. The Morgan fingerprint density at radius 1 is 1.38 bits per heavy atom. The Labute approximate surface area is 137 Å². The summed E-state index contributed by atoms with van der Waals surface area (Å²) < 4.78 is 38.4. The van der Waals surface area contributed by atoms with Crippen LogP contribution < -0.4 is 4.74 Å². The Kier molecular flexibility index (Phi) is 4.46. The number of ether oxygens (including phenoxy) is 1. The molecule has 1 aliphatic rings. The number of nitrogens with zero attached hydrogens (tertiary/aromatic N) is 3. The van der Waals surface area contributed by atoms with Crippen molar-refractivity contribution in [1.82, 2.24) is 15.1 Å². The minimum absolute atomic E-state index is 0.0390. The standard InChI is InChI=1S/C16H17F2N3O3/c1-2-13-19-20-15(24-13)12-8-16(17,18)10-21(12)14(22)9-23-11-6-4-3-5-7-11/h3-7,12H,2,8-10H2,1H3/t12-/m0/s1. The topological polar surface area (TPSA) is 68.5 Å². The van der Waals surface area contributed by atoms with E-state index in [1.54, 1.807) is 24.3 Å². The number of amides is 1. The fourth-order valence-corrected chi connectivity index (χ4v) is 2.59. The molecule has 0 saturated carbocycles. The first-order valence-electron chi connectivity index (χ1n) is 7.66. The van der Waals surface area contributed by atoms with Gasteiger partial charge in [0.1, 0.15) is 11.8 Å². The second-order valence-corrected chi connectivity index (χ2v) is 5.59. The number of carbonyl (C=O) groups is 1. The van der Waals surface area contributed by atoms with E-state index in [9.17, 15) is 13.6 Å². The summed E-state index contributed by atoms with van der Waals surface area (Å²) in [5.41, 5.74) is 0. The van der Waals surface area contributed by atoms with E-state index in [0.717, 1.165) is 4.90 Å². The molecule has 0 unspecified atom stereocenters. The van der Waals surface area contributed by atoms with E-state index in [2.05, 4.69) is 10.2 Å². The van der Waals surface area contributed by atoms with Crippen LogP contribution in [0.3, 0.4) is 0 Å². The molecule has 2 aromatic rings. The molecular formula is C16H17F2N3O3. The van der Waals surface area contributed by atoms with Crippen LogP contribution in [0.25, 0.3) is 0 Å². The minimum Gasteiger partial charge on any atom is -0.484 e. The molecule has 2 heterocycles. The number of alkyl halides is 2. The number of hydrogen-bond donors (Lipinski definition) is 0. The van der Waals surface area contributed by atoms with Gasteiger partial charge in [-0.2, -0.15) is 0 Å². The molecule has 8 heteroatoms. The van der Waals surface area contributed by atoms with Crippen molar-refractivity contribution in [3.63, 3.8) is 0 Å². The lowest BCUT2D eigenvalue weighted by atomic mass is 10.2. The molecule has 0 radical (unpaired) electrons.